The number of hydrogen-bond acceptors (Lipinski definition) is 2. The maximum Gasteiger partial charge on any atom is 0.174 e. The van der Waals surface area contributed by atoms with Crippen LogP contribution in [-0.4, -0.2) is 9.38 Å². The van der Waals surface area contributed by atoms with E-state index >= 15 is 0 Å². The molecule has 2 aromatic heterocycles. The van der Waals surface area contributed by atoms with Crippen molar-refractivity contribution in [2.75, 3.05) is 0 Å². The lowest BCUT2D eigenvalue weighted by Gasteiger charge is -1.90. The van der Waals surface area contributed by atoms with Crippen LogP contribution in [0.5, 0.6) is 0 Å². The van der Waals surface area contributed by atoms with E-state index in [-0.39, 0.29) is 11.3 Å². The summed E-state index contributed by atoms with van der Waals surface area (Å²) in [7, 11) is 0. The minimum Gasteiger partial charge on any atom is -0.303 e. The van der Waals surface area contributed by atoms with Crippen molar-refractivity contribution < 1.29 is 4.39 Å². The van der Waals surface area contributed by atoms with Gasteiger partial charge in [-0.05, 0) is 12.1 Å². The predicted octanol–water partition coefficient (Wildman–Crippen LogP) is 1.35. The molecule has 0 atom stereocenters. The van der Waals surface area contributed by atoms with E-state index in [9.17, 15) is 4.39 Å². The van der Waals surface area contributed by atoms with E-state index in [1.807, 2.05) is 6.07 Å². The van der Waals surface area contributed by atoms with Crippen molar-refractivity contribution in [2.24, 2.45) is 0 Å². The maximum atomic E-state index is 12.9. The molecule has 0 bridgehead atoms. The minimum atomic E-state index is -0.418. The number of hydrogen-bond donors (Lipinski definition) is 0. The van der Waals surface area contributed by atoms with Gasteiger partial charge in [0.15, 0.2) is 17.2 Å². The van der Waals surface area contributed by atoms with Gasteiger partial charge in [0, 0.05) is 12.4 Å². The smallest absolute Gasteiger partial charge is 0.174 e. The van der Waals surface area contributed by atoms with E-state index < -0.39 is 5.82 Å². The Morgan fingerprint density at radius 3 is 3.08 bits per heavy atom. The van der Waals surface area contributed by atoms with E-state index in [2.05, 4.69) is 4.98 Å². The van der Waals surface area contributed by atoms with E-state index in [4.69, 9.17) is 5.26 Å². The molecule has 0 radical (unpaired) electrons. The summed E-state index contributed by atoms with van der Waals surface area (Å²) in [4.78, 5) is 3.76. The lowest BCUT2D eigenvalue weighted by atomic mass is 10.4. The molecule has 3 nitrogen and oxygen atoms in total. The Kier molecular flexibility index (Phi) is 1.31. The van der Waals surface area contributed by atoms with Gasteiger partial charge < -0.3 is 4.40 Å². The van der Waals surface area contributed by atoms with Gasteiger partial charge in [-0.3, -0.25) is 0 Å². The number of rotatable bonds is 0. The summed E-state index contributed by atoms with van der Waals surface area (Å²) in [5.41, 5.74) is 0.411. The third-order valence-corrected chi connectivity index (χ3v) is 1.55. The Morgan fingerprint density at radius 2 is 2.42 bits per heavy atom. The van der Waals surface area contributed by atoms with Gasteiger partial charge in [0.1, 0.15) is 6.07 Å². The van der Waals surface area contributed by atoms with Crippen LogP contribution in [0.3, 0.4) is 0 Å². The second-order valence-corrected chi connectivity index (χ2v) is 2.32. The molecule has 58 valence electrons. The van der Waals surface area contributed by atoms with Gasteiger partial charge in [-0.25, -0.2) is 9.37 Å². The van der Waals surface area contributed by atoms with Crippen molar-refractivity contribution in [1.29, 1.82) is 5.26 Å². The third kappa shape index (κ3) is 0.839. The van der Waals surface area contributed by atoms with Crippen LogP contribution in [0.25, 0.3) is 5.65 Å². The molecule has 0 spiro atoms. The molecule has 2 aromatic rings. The Hall–Kier alpha value is -1.89. The van der Waals surface area contributed by atoms with Crippen LogP contribution < -0.4 is 0 Å². The molecule has 0 aliphatic heterocycles. The molecule has 0 N–H and O–H groups in total. The van der Waals surface area contributed by atoms with E-state index in [1.165, 1.54) is 16.7 Å². The maximum absolute atomic E-state index is 12.9. The fourth-order valence-electron chi connectivity index (χ4n) is 1.03. The van der Waals surface area contributed by atoms with Gasteiger partial charge in [0.2, 0.25) is 0 Å². The van der Waals surface area contributed by atoms with Crippen LogP contribution >= 0.6 is 0 Å². The number of fused-ring (bicyclic) bond motifs is 1. The summed E-state index contributed by atoms with van der Waals surface area (Å²) in [5.74, 6) is -0.418. The summed E-state index contributed by atoms with van der Waals surface area (Å²) in [6.07, 6.45) is 3.13. The van der Waals surface area contributed by atoms with Gasteiger partial charge in [0.25, 0.3) is 0 Å². The van der Waals surface area contributed by atoms with Gasteiger partial charge in [0.05, 0.1) is 0 Å². The summed E-state index contributed by atoms with van der Waals surface area (Å²) in [6, 6.07) is 4.71. The molecule has 4 heteroatoms. The van der Waals surface area contributed by atoms with Crippen LogP contribution in [0.2, 0.25) is 0 Å². The molecule has 0 saturated heterocycles. The highest BCUT2D eigenvalue weighted by molar-refractivity contribution is 5.43. The SMILES string of the molecule is N#Cc1cn2cccc(F)c2n1. The quantitative estimate of drug-likeness (QED) is 0.585. The largest absolute Gasteiger partial charge is 0.303 e. The van der Waals surface area contributed by atoms with Gasteiger partial charge >= 0.3 is 0 Å². The minimum absolute atomic E-state index is 0.189. The first-order valence-corrected chi connectivity index (χ1v) is 3.34. The third-order valence-electron chi connectivity index (χ3n) is 1.55. The van der Waals surface area contributed by atoms with Crippen LogP contribution in [0.15, 0.2) is 24.5 Å². The predicted molar refractivity (Wildman–Crippen MR) is 39.9 cm³/mol. The first kappa shape index (κ1) is 6.80. The highest BCUT2D eigenvalue weighted by Gasteiger charge is 2.03. The lowest BCUT2D eigenvalue weighted by molar-refractivity contribution is 0.630. The molecular formula is C8H4FN3. The summed E-state index contributed by atoms with van der Waals surface area (Å²) < 4.78 is 14.4. The first-order chi connectivity index (χ1) is 5.81. The molecular weight excluding hydrogens is 157 g/mol. The Balaban J connectivity index is 2.85. The highest BCUT2D eigenvalue weighted by Crippen LogP contribution is 2.07. The zero-order chi connectivity index (χ0) is 8.55. The molecule has 0 fully saturated rings. The molecule has 0 unspecified atom stereocenters. The highest BCUT2D eigenvalue weighted by atomic mass is 19.1. The number of pyridine rings is 1. The molecule has 2 rings (SSSR count). The Labute approximate surface area is 67.7 Å². The Bertz CT molecular complexity index is 467. The van der Waals surface area contributed by atoms with E-state index in [0.29, 0.717) is 0 Å². The van der Waals surface area contributed by atoms with Crippen LogP contribution in [0.1, 0.15) is 5.69 Å². The molecule has 0 aliphatic rings. The number of halogens is 1. The average molecular weight is 161 g/mol. The Morgan fingerprint density at radius 1 is 1.58 bits per heavy atom. The van der Waals surface area contributed by atoms with E-state index in [0.717, 1.165) is 0 Å². The van der Waals surface area contributed by atoms with Crippen molar-refractivity contribution in [2.45, 2.75) is 0 Å². The summed E-state index contributed by atoms with van der Waals surface area (Å²) in [6.45, 7) is 0. The van der Waals surface area contributed by atoms with Crippen molar-refractivity contribution >= 4 is 5.65 Å². The zero-order valence-corrected chi connectivity index (χ0v) is 6.03. The fourth-order valence-corrected chi connectivity index (χ4v) is 1.03. The number of nitrogens with zero attached hydrogens (tertiary/aromatic N) is 3. The van der Waals surface area contributed by atoms with Crippen LogP contribution in [0.4, 0.5) is 4.39 Å². The van der Waals surface area contributed by atoms with Crippen molar-refractivity contribution in [1.82, 2.24) is 9.38 Å². The van der Waals surface area contributed by atoms with Crippen molar-refractivity contribution in [3.63, 3.8) is 0 Å². The van der Waals surface area contributed by atoms with Crippen LogP contribution in [-0.2, 0) is 0 Å². The monoisotopic (exact) mass is 161 g/mol. The molecule has 12 heavy (non-hydrogen) atoms. The van der Waals surface area contributed by atoms with Crippen molar-refractivity contribution in [3.05, 3.63) is 36.0 Å². The molecule has 2 heterocycles. The first-order valence-electron chi connectivity index (χ1n) is 3.34. The molecule has 0 aromatic carbocycles. The zero-order valence-electron chi connectivity index (χ0n) is 6.03. The van der Waals surface area contributed by atoms with Gasteiger partial charge in [-0.15, -0.1) is 0 Å². The molecule has 0 aliphatic carbocycles. The number of aromatic nitrogens is 2. The van der Waals surface area contributed by atoms with Gasteiger partial charge in [-0.1, -0.05) is 0 Å². The standard InChI is InChI=1S/C8H4FN3/c9-7-2-1-3-12-5-6(4-10)11-8(7)12/h1-3,5H. The van der Waals surface area contributed by atoms with Gasteiger partial charge in [-0.2, -0.15) is 5.26 Å². The normalized spacial score (nSPS) is 10.0. The summed E-state index contributed by atoms with van der Waals surface area (Å²) in [5, 5.41) is 8.48. The van der Waals surface area contributed by atoms with Crippen molar-refractivity contribution in [3.8, 4) is 6.07 Å². The second-order valence-electron chi connectivity index (χ2n) is 2.32. The molecule has 0 saturated carbocycles. The number of imidazole rings is 1. The summed E-state index contributed by atoms with van der Waals surface area (Å²) >= 11 is 0. The van der Waals surface area contributed by atoms with E-state index in [1.54, 1.807) is 12.3 Å². The fraction of sp³-hybridized carbons (Fsp3) is 0. The average Bonchev–Trinajstić information content (AvgIpc) is 2.49. The lowest BCUT2D eigenvalue weighted by Crippen LogP contribution is -1.84. The number of nitriles is 1. The molecule has 0 amide bonds. The van der Waals surface area contributed by atoms with Crippen LogP contribution in [0, 0.1) is 17.1 Å². The topological polar surface area (TPSA) is 41.1 Å². The second kappa shape index (κ2) is 2.31.